The van der Waals surface area contributed by atoms with Gasteiger partial charge in [-0.2, -0.15) is 4.39 Å². The van der Waals surface area contributed by atoms with Crippen molar-refractivity contribution in [2.45, 2.75) is 31.1 Å². The summed E-state index contributed by atoms with van der Waals surface area (Å²) in [4.78, 5) is 29.9. The predicted octanol–water partition coefficient (Wildman–Crippen LogP) is 1.47. The third-order valence-corrected chi connectivity index (χ3v) is 5.25. The quantitative estimate of drug-likeness (QED) is 0.746. The molecule has 4 rings (SSSR count). The number of hydrogen-bond acceptors (Lipinski definition) is 5. The van der Waals surface area contributed by atoms with Crippen molar-refractivity contribution >= 4 is 5.91 Å². The summed E-state index contributed by atoms with van der Waals surface area (Å²) in [6.45, 7) is 2.03. The molecule has 0 saturated carbocycles. The Bertz CT molecular complexity index is 918. The number of hydrogen-bond donors (Lipinski definition) is 0. The molecule has 2 aliphatic heterocycles. The fraction of sp³-hybridized carbons (Fsp3) is 0.450. The SMILES string of the molecule is O=C(c1ccnc(F)c1)N1CCOC[C@]2(CC[C@@H](Cn3ccccc3=O)O2)C1. The number of amides is 1. The fourth-order valence-corrected chi connectivity index (χ4v) is 3.87. The molecule has 0 unspecified atom stereocenters. The molecule has 1 amide bonds. The van der Waals surface area contributed by atoms with E-state index in [-0.39, 0.29) is 23.1 Å². The van der Waals surface area contributed by atoms with Crippen LogP contribution in [0.25, 0.3) is 0 Å². The highest BCUT2D eigenvalue weighted by Gasteiger charge is 2.44. The highest BCUT2D eigenvalue weighted by atomic mass is 19.1. The van der Waals surface area contributed by atoms with Gasteiger partial charge in [-0.1, -0.05) is 6.07 Å². The van der Waals surface area contributed by atoms with Gasteiger partial charge in [0.05, 0.1) is 32.4 Å². The fourth-order valence-electron chi connectivity index (χ4n) is 3.87. The van der Waals surface area contributed by atoms with E-state index in [0.29, 0.717) is 32.8 Å². The summed E-state index contributed by atoms with van der Waals surface area (Å²) in [6, 6.07) is 7.69. The number of carbonyl (C=O) groups excluding carboxylic acids is 1. The minimum absolute atomic E-state index is 0.0688. The minimum Gasteiger partial charge on any atom is -0.377 e. The summed E-state index contributed by atoms with van der Waals surface area (Å²) in [6.07, 6.45) is 4.40. The zero-order chi connectivity index (χ0) is 19.6. The minimum atomic E-state index is -0.683. The van der Waals surface area contributed by atoms with E-state index in [4.69, 9.17) is 9.47 Å². The molecule has 0 aliphatic carbocycles. The maximum absolute atomic E-state index is 13.4. The van der Waals surface area contributed by atoms with Gasteiger partial charge in [-0.3, -0.25) is 9.59 Å². The molecular weight excluding hydrogens is 365 g/mol. The van der Waals surface area contributed by atoms with E-state index >= 15 is 0 Å². The lowest BCUT2D eigenvalue weighted by atomic mass is 9.99. The molecule has 2 aromatic heterocycles. The van der Waals surface area contributed by atoms with E-state index in [1.165, 1.54) is 18.3 Å². The highest BCUT2D eigenvalue weighted by molar-refractivity contribution is 5.94. The first-order valence-electron chi connectivity index (χ1n) is 9.37. The van der Waals surface area contributed by atoms with Crippen molar-refractivity contribution in [1.29, 1.82) is 0 Å². The zero-order valence-electron chi connectivity index (χ0n) is 15.4. The van der Waals surface area contributed by atoms with Crippen LogP contribution in [0.3, 0.4) is 0 Å². The van der Waals surface area contributed by atoms with Crippen LogP contribution >= 0.6 is 0 Å². The number of rotatable bonds is 3. The van der Waals surface area contributed by atoms with Gasteiger partial charge < -0.3 is 18.9 Å². The molecule has 4 heterocycles. The van der Waals surface area contributed by atoms with Gasteiger partial charge in [0.25, 0.3) is 11.5 Å². The molecule has 0 aromatic carbocycles. The largest absolute Gasteiger partial charge is 0.377 e. The zero-order valence-corrected chi connectivity index (χ0v) is 15.4. The van der Waals surface area contributed by atoms with Crippen molar-refractivity contribution in [2.75, 3.05) is 26.3 Å². The van der Waals surface area contributed by atoms with Gasteiger partial charge in [-0.15, -0.1) is 0 Å². The molecule has 8 heteroatoms. The molecule has 28 heavy (non-hydrogen) atoms. The second-order valence-corrected chi connectivity index (χ2v) is 7.30. The van der Waals surface area contributed by atoms with E-state index in [1.807, 2.05) is 6.07 Å². The van der Waals surface area contributed by atoms with E-state index in [2.05, 4.69) is 4.98 Å². The first-order chi connectivity index (χ1) is 13.5. The van der Waals surface area contributed by atoms with Crippen LogP contribution in [0.5, 0.6) is 0 Å². The number of nitrogens with zero attached hydrogens (tertiary/aromatic N) is 3. The second kappa shape index (κ2) is 7.81. The Labute approximate surface area is 161 Å². The van der Waals surface area contributed by atoms with Crippen LogP contribution in [0, 0.1) is 5.95 Å². The average molecular weight is 387 g/mol. The summed E-state index contributed by atoms with van der Waals surface area (Å²) < 4.78 is 27.1. The van der Waals surface area contributed by atoms with Gasteiger partial charge >= 0.3 is 0 Å². The molecule has 1 spiro atoms. The Kier molecular flexibility index (Phi) is 5.23. The van der Waals surface area contributed by atoms with Gasteiger partial charge in [-0.25, -0.2) is 4.98 Å². The Morgan fingerprint density at radius 2 is 2.25 bits per heavy atom. The van der Waals surface area contributed by atoms with Crippen LogP contribution < -0.4 is 5.56 Å². The Balaban J connectivity index is 1.47. The second-order valence-electron chi connectivity index (χ2n) is 7.30. The van der Waals surface area contributed by atoms with Crippen LogP contribution in [0.15, 0.2) is 47.5 Å². The van der Waals surface area contributed by atoms with Crippen molar-refractivity contribution in [3.63, 3.8) is 0 Å². The number of aromatic nitrogens is 2. The lowest BCUT2D eigenvalue weighted by Crippen LogP contribution is -2.47. The molecule has 2 atom stereocenters. The average Bonchev–Trinajstić information content (AvgIpc) is 2.95. The lowest BCUT2D eigenvalue weighted by Gasteiger charge is -2.32. The van der Waals surface area contributed by atoms with Crippen LogP contribution in [0.4, 0.5) is 4.39 Å². The van der Waals surface area contributed by atoms with Crippen LogP contribution in [0.2, 0.25) is 0 Å². The molecule has 0 radical (unpaired) electrons. The van der Waals surface area contributed by atoms with Crippen molar-refractivity contribution in [3.05, 3.63) is 64.6 Å². The monoisotopic (exact) mass is 387 g/mol. The van der Waals surface area contributed by atoms with E-state index < -0.39 is 11.5 Å². The van der Waals surface area contributed by atoms with Crippen molar-refractivity contribution in [3.8, 4) is 0 Å². The molecule has 7 nitrogen and oxygen atoms in total. The van der Waals surface area contributed by atoms with E-state index in [1.54, 1.807) is 21.7 Å². The molecule has 2 aromatic rings. The lowest BCUT2D eigenvalue weighted by molar-refractivity contribution is -0.0876. The topological polar surface area (TPSA) is 73.7 Å². The molecule has 2 fully saturated rings. The maximum Gasteiger partial charge on any atom is 0.254 e. The number of carbonyl (C=O) groups is 1. The summed E-state index contributed by atoms with van der Waals surface area (Å²) in [5, 5.41) is 0. The smallest absolute Gasteiger partial charge is 0.254 e. The summed E-state index contributed by atoms with van der Waals surface area (Å²) in [5.74, 6) is -0.949. The number of halogens is 1. The molecule has 2 aliphatic rings. The normalized spacial score (nSPS) is 25.0. The summed E-state index contributed by atoms with van der Waals surface area (Å²) in [7, 11) is 0. The maximum atomic E-state index is 13.4. The Morgan fingerprint density at radius 1 is 1.36 bits per heavy atom. The van der Waals surface area contributed by atoms with Crippen molar-refractivity contribution < 1.29 is 18.7 Å². The molecular formula is C20H22FN3O4. The van der Waals surface area contributed by atoms with Crippen LogP contribution in [-0.4, -0.2) is 58.4 Å². The summed E-state index contributed by atoms with van der Waals surface area (Å²) >= 11 is 0. The van der Waals surface area contributed by atoms with E-state index in [9.17, 15) is 14.0 Å². The Morgan fingerprint density at radius 3 is 3.07 bits per heavy atom. The van der Waals surface area contributed by atoms with Crippen molar-refractivity contribution in [1.82, 2.24) is 14.5 Å². The van der Waals surface area contributed by atoms with E-state index in [0.717, 1.165) is 18.9 Å². The highest BCUT2D eigenvalue weighted by Crippen LogP contribution is 2.34. The molecule has 2 saturated heterocycles. The van der Waals surface area contributed by atoms with Gasteiger partial charge in [0.15, 0.2) is 0 Å². The Hall–Kier alpha value is -2.58. The third-order valence-electron chi connectivity index (χ3n) is 5.25. The van der Waals surface area contributed by atoms with Crippen molar-refractivity contribution in [2.24, 2.45) is 0 Å². The van der Waals surface area contributed by atoms with Gasteiger partial charge in [0.2, 0.25) is 5.95 Å². The van der Waals surface area contributed by atoms with Crippen LogP contribution in [0.1, 0.15) is 23.2 Å². The van der Waals surface area contributed by atoms with Gasteiger partial charge in [-0.05, 0) is 25.0 Å². The van der Waals surface area contributed by atoms with Crippen LogP contribution in [-0.2, 0) is 16.0 Å². The molecule has 0 bridgehead atoms. The standard InChI is InChI=1S/C20H22FN3O4/c21-17-11-15(5-7-22-17)19(26)24-9-10-27-14-20(13-24)6-4-16(28-20)12-23-8-2-1-3-18(23)25/h1-3,5,7-8,11,16H,4,6,9-10,12-14H2/t16-,20-/m0/s1. The van der Waals surface area contributed by atoms with Gasteiger partial charge in [0, 0.05) is 36.6 Å². The molecule has 0 N–H and O–H groups in total. The molecule has 148 valence electrons. The number of ether oxygens (including phenoxy) is 2. The first kappa shape index (κ1) is 18.8. The summed E-state index contributed by atoms with van der Waals surface area (Å²) in [5.41, 5.74) is -0.420. The third kappa shape index (κ3) is 3.98. The van der Waals surface area contributed by atoms with Gasteiger partial charge in [0.1, 0.15) is 5.60 Å². The number of pyridine rings is 2. The first-order valence-corrected chi connectivity index (χ1v) is 9.37. The predicted molar refractivity (Wildman–Crippen MR) is 98.5 cm³/mol.